The Kier molecular flexibility index (Phi) is 2.47. The van der Waals surface area contributed by atoms with Gasteiger partial charge in [0.25, 0.3) is 11.8 Å². The molecule has 2 amide bonds. The highest BCUT2D eigenvalue weighted by Crippen LogP contribution is 2.34. The molecule has 0 bridgehead atoms. The Morgan fingerprint density at radius 3 is 2.26 bits per heavy atom. The lowest BCUT2D eigenvalue weighted by Gasteiger charge is -2.32. The largest absolute Gasteiger partial charge is 0.372 e. The summed E-state index contributed by atoms with van der Waals surface area (Å²) in [5.41, 5.74) is -0.762. The van der Waals surface area contributed by atoms with Crippen molar-refractivity contribution in [2.45, 2.75) is 5.60 Å². The Balaban J connectivity index is 2.29. The monoisotopic (exact) mass is 253 g/mol. The van der Waals surface area contributed by atoms with E-state index in [4.69, 9.17) is 0 Å². The van der Waals surface area contributed by atoms with Gasteiger partial charge in [0.05, 0.1) is 0 Å². The van der Waals surface area contributed by atoms with Crippen molar-refractivity contribution in [1.29, 1.82) is 0 Å². The highest BCUT2D eigenvalue weighted by molar-refractivity contribution is 6.13. The number of nitrogens with one attached hydrogen (secondary N) is 1. The summed E-state index contributed by atoms with van der Waals surface area (Å²) in [6.07, 6.45) is 0. The van der Waals surface area contributed by atoms with Crippen molar-refractivity contribution in [2.24, 2.45) is 0 Å². The zero-order valence-corrected chi connectivity index (χ0v) is 9.96. The van der Waals surface area contributed by atoms with Crippen LogP contribution < -0.4 is 5.32 Å². The molecule has 4 heteroatoms. The number of hydrogen-bond acceptors (Lipinski definition) is 3. The van der Waals surface area contributed by atoms with Gasteiger partial charge in [-0.1, -0.05) is 48.5 Å². The zero-order chi connectivity index (χ0) is 13.5. The molecule has 0 radical (unpaired) electrons. The Morgan fingerprint density at radius 1 is 0.895 bits per heavy atom. The summed E-state index contributed by atoms with van der Waals surface area (Å²) in [6.45, 7) is 0. The first kappa shape index (κ1) is 11.6. The molecule has 0 aliphatic carbocycles. The van der Waals surface area contributed by atoms with E-state index in [0.29, 0.717) is 16.7 Å². The molecule has 1 aliphatic rings. The van der Waals surface area contributed by atoms with Gasteiger partial charge in [-0.3, -0.25) is 14.9 Å². The smallest absolute Gasteiger partial charge is 0.268 e. The van der Waals surface area contributed by atoms with Crippen LogP contribution in [0, 0.1) is 0 Å². The van der Waals surface area contributed by atoms with Crippen LogP contribution in [0.4, 0.5) is 0 Å². The number of amides is 2. The fourth-order valence-corrected chi connectivity index (χ4v) is 2.35. The maximum Gasteiger partial charge on any atom is 0.268 e. The molecule has 3 rings (SSSR count). The van der Waals surface area contributed by atoms with Crippen LogP contribution >= 0.6 is 0 Å². The van der Waals surface area contributed by atoms with E-state index < -0.39 is 17.4 Å². The number of rotatable bonds is 1. The lowest BCUT2D eigenvalue weighted by Crippen LogP contribution is -2.52. The van der Waals surface area contributed by atoms with Gasteiger partial charge in [-0.05, 0) is 11.6 Å². The molecule has 0 spiro atoms. The van der Waals surface area contributed by atoms with Gasteiger partial charge in [-0.25, -0.2) is 0 Å². The molecule has 0 aromatic heterocycles. The second kappa shape index (κ2) is 4.03. The molecule has 1 unspecified atom stereocenters. The second-order valence-electron chi connectivity index (χ2n) is 4.41. The number of aliphatic hydroxyl groups is 1. The van der Waals surface area contributed by atoms with Gasteiger partial charge in [0.2, 0.25) is 0 Å². The van der Waals surface area contributed by atoms with Gasteiger partial charge in [-0.2, -0.15) is 0 Å². The van der Waals surface area contributed by atoms with E-state index in [1.54, 1.807) is 54.6 Å². The molecule has 1 aliphatic heterocycles. The van der Waals surface area contributed by atoms with Crippen LogP contribution in [-0.4, -0.2) is 16.9 Å². The zero-order valence-electron chi connectivity index (χ0n) is 9.96. The normalized spacial score (nSPS) is 21.7. The molecule has 0 fully saturated rings. The fraction of sp³-hybridized carbons (Fsp3) is 0.0667. The van der Waals surface area contributed by atoms with Gasteiger partial charge in [0, 0.05) is 11.1 Å². The van der Waals surface area contributed by atoms with Crippen LogP contribution in [0.3, 0.4) is 0 Å². The van der Waals surface area contributed by atoms with Crippen LogP contribution in [-0.2, 0) is 10.4 Å². The SMILES string of the molecule is O=C1NC(=O)C(O)(c2ccccc2)c2ccccc21. The van der Waals surface area contributed by atoms with Crippen molar-refractivity contribution in [3.8, 4) is 0 Å². The molecule has 4 nitrogen and oxygen atoms in total. The summed E-state index contributed by atoms with van der Waals surface area (Å²) < 4.78 is 0. The summed E-state index contributed by atoms with van der Waals surface area (Å²) in [5.74, 6) is -1.20. The van der Waals surface area contributed by atoms with Crippen molar-refractivity contribution < 1.29 is 14.7 Å². The highest BCUT2D eigenvalue weighted by atomic mass is 16.3. The average Bonchev–Trinajstić information content (AvgIpc) is 2.46. The molecule has 2 aromatic carbocycles. The van der Waals surface area contributed by atoms with Gasteiger partial charge in [0.15, 0.2) is 5.60 Å². The first-order chi connectivity index (χ1) is 9.14. The average molecular weight is 253 g/mol. The molecule has 19 heavy (non-hydrogen) atoms. The summed E-state index contributed by atoms with van der Waals surface area (Å²) in [6, 6.07) is 15.2. The van der Waals surface area contributed by atoms with E-state index in [9.17, 15) is 14.7 Å². The van der Waals surface area contributed by atoms with Crippen LogP contribution in [0.15, 0.2) is 54.6 Å². The number of imide groups is 1. The second-order valence-corrected chi connectivity index (χ2v) is 4.41. The van der Waals surface area contributed by atoms with E-state index in [1.165, 1.54) is 0 Å². The summed E-state index contributed by atoms with van der Waals surface area (Å²) in [5, 5.41) is 13.0. The maximum atomic E-state index is 12.1. The molecule has 0 saturated carbocycles. The molecule has 1 heterocycles. The summed E-state index contributed by atoms with van der Waals surface area (Å²) >= 11 is 0. The minimum Gasteiger partial charge on any atom is -0.372 e. The quantitative estimate of drug-likeness (QED) is 0.750. The Bertz CT molecular complexity index is 666. The van der Waals surface area contributed by atoms with Crippen LogP contribution in [0.5, 0.6) is 0 Å². The Labute approximate surface area is 109 Å². The third-order valence-electron chi connectivity index (χ3n) is 3.31. The number of carbonyl (C=O) groups is 2. The predicted molar refractivity (Wildman–Crippen MR) is 68.4 cm³/mol. The number of hydrogen-bond donors (Lipinski definition) is 2. The first-order valence-electron chi connectivity index (χ1n) is 5.87. The number of fused-ring (bicyclic) bond motifs is 1. The van der Waals surface area contributed by atoms with Crippen molar-refractivity contribution in [3.63, 3.8) is 0 Å². The molecule has 0 saturated heterocycles. The van der Waals surface area contributed by atoms with Gasteiger partial charge >= 0.3 is 0 Å². The third-order valence-corrected chi connectivity index (χ3v) is 3.31. The summed E-state index contributed by atoms with van der Waals surface area (Å²) in [4.78, 5) is 23.9. The van der Waals surface area contributed by atoms with Crippen molar-refractivity contribution in [1.82, 2.24) is 5.32 Å². The lowest BCUT2D eigenvalue weighted by atomic mass is 9.80. The number of carbonyl (C=O) groups excluding carboxylic acids is 2. The van der Waals surface area contributed by atoms with E-state index in [2.05, 4.69) is 5.32 Å². The lowest BCUT2D eigenvalue weighted by molar-refractivity contribution is -0.136. The molecular weight excluding hydrogens is 242 g/mol. The van der Waals surface area contributed by atoms with Gasteiger partial charge in [0.1, 0.15) is 0 Å². The van der Waals surface area contributed by atoms with Crippen LogP contribution in [0.1, 0.15) is 21.5 Å². The van der Waals surface area contributed by atoms with E-state index in [1.807, 2.05) is 0 Å². The first-order valence-corrected chi connectivity index (χ1v) is 5.87. The molecule has 2 N–H and O–H groups in total. The van der Waals surface area contributed by atoms with E-state index in [0.717, 1.165) is 0 Å². The van der Waals surface area contributed by atoms with E-state index in [-0.39, 0.29) is 0 Å². The maximum absolute atomic E-state index is 12.1. The standard InChI is InChI=1S/C15H11NO3/c17-13-11-8-4-5-9-12(11)15(19,14(18)16-13)10-6-2-1-3-7-10/h1-9,19H,(H,16,17,18). The van der Waals surface area contributed by atoms with Gasteiger partial charge < -0.3 is 5.11 Å². The molecule has 94 valence electrons. The van der Waals surface area contributed by atoms with Crippen molar-refractivity contribution in [2.75, 3.05) is 0 Å². The van der Waals surface area contributed by atoms with Gasteiger partial charge in [-0.15, -0.1) is 0 Å². The Morgan fingerprint density at radius 2 is 1.53 bits per heavy atom. The minimum atomic E-state index is -1.83. The highest BCUT2D eigenvalue weighted by Gasteiger charge is 2.46. The topological polar surface area (TPSA) is 66.4 Å². The van der Waals surface area contributed by atoms with Crippen molar-refractivity contribution in [3.05, 3.63) is 71.3 Å². The van der Waals surface area contributed by atoms with Crippen LogP contribution in [0.2, 0.25) is 0 Å². The Hall–Kier alpha value is -2.46. The summed E-state index contributed by atoms with van der Waals surface area (Å²) in [7, 11) is 0. The van der Waals surface area contributed by atoms with E-state index >= 15 is 0 Å². The third kappa shape index (κ3) is 1.57. The predicted octanol–water partition coefficient (Wildman–Crippen LogP) is 1.19. The number of benzene rings is 2. The van der Waals surface area contributed by atoms with Crippen LogP contribution in [0.25, 0.3) is 0 Å². The molecule has 2 aromatic rings. The van der Waals surface area contributed by atoms with Crippen molar-refractivity contribution >= 4 is 11.8 Å². The minimum absolute atomic E-state index is 0.313. The fourth-order valence-electron chi connectivity index (χ4n) is 2.35. The molecule has 1 atom stereocenters. The molecular formula is C15H11NO3.